The lowest BCUT2D eigenvalue weighted by atomic mass is 9.97. The SMILES string of the molecule is CC1CCCC(C)N1C(=O)c1cc(Br)c(Br)s1. The van der Waals surface area contributed by atoms with Gasteiger partial charge in [0.1, 0.15) is 0 Å². The van der Waals surface area contributed by atoms with E-state index in [1.54, 1.807) is 0 Å². The molecule has 1 aliphatic rings. The van der Waals surface area contributed by atoms with Crippen molar-refractivity contribution in [2.24, 2.45) is 0 Å². The predicted octanol–water partition coefficient (Wildman–Crippen LogP) is 4.68. The number of amides is 1. The van der Waals surface area contributed by atoms with E-state index in [1.807, 2.05) is 11.0 Å². The largest absolute Gasteiger partial charge is 0.333 e. The summed E-state index contributed by atoms with van der Waals surface area (Å²) in [6.07, 6.45) is 3.46. The Kier molecular flexibility index (Phi) is 4.31. The van der Waals surface area contributed by atoms with Crippen LogP contribution in [0.4, 0.5) is 0 Å². The molecule has 1 amide bonds. The first-order chi connectivity index (χ1) is 8.00. The van der Waals surface area contributed by atoms with E-state index in [4.69, 9.17) is 0 Å². The highest BCUT2D eigenvalue weighted by Crippen LogP contribution is 2.34. The lowest BCUT2D eigenvalue weighted by Crippen LogP contribution is -2.47. The second kappa shape index (κ2) is 5.41. The van der Waals surface area contributed by atoms with Crippen LogP contribution in [-0.4, -0.2) is 22.9 Å². The second-order valence-electron chi connectivity index (χ2n) is 4.57. The van der Waals surface area contributed by atoms with Gasteiger partial charge in [0, 0.05) is 16.6 Å². The molecule has 1 aliphatic heterocycles. The molecule has 2 unspecified atom stereocenters. The van der Waals surface area contributed by atoms with Gasteiger partial charge >= 0.3 is 0 Å². The van der Waals surface area contributed by atoms with Gasteiger partial charge in [0.05, 0.1) is 8.66 Å². The van der Waals surface area contributed by atoms with Crippen LogP contribution >= 0.6 is 43.2 Å². The molecule has 0 saturated carbocycles. The Morgan fingerprint density at radius 3 is 2.41 bits per heavy atom. The number of rotatable bonds is 1. The minimum Gasteiger partial charge on any atom is -0.333 e. The van der Waals surface area contributed by atoms with E-state index >= 15 is 0 Å². The average molecular weight is 381 g/mol. The zero-order valence-electron chi connectivity index (χ0n) is 9.87. The molecule has 1 fully saturated rings. The normalized spacial score (nSPS) is 25.1. The molecule has 2 atom stereocenters. The Labute approximate surface area is 123 Å². The molecule has 1 aromatic rings. The molecule has 2 nitrogen and oxygen atoms in total. The number of halogens is 2. The third-order valence-electron chi connectivity index (χ3n) is 3.28. The molecule has 0 aromatic carbocycles. The van der Waals surface area contributed by atoms with Crippen LogP contribution < -0.4 is 0 Å². The van der Waals surface area contributed by atoms with Crippen molar-refractivity contribution >= 4 is 49.1 Å². The fraction of sp³-hybridized carbons (Fsp3) is 0.583. The summed E-state index contributed by atoms with van der Waals surface area (Å²) in [5.74, 6) is 0.168. The molecule has 1 saturated heterocycles. The molecule has 0 bridgehead atoms. The van der Waals surface area contributed by atoms with E-state index in [9.17, 15) is 4.79 Å². The zero-order valence-corrected chi connectivity index (χ0v) is 13.9. The number of likely N-dealkylation sites (tertiary alicyclic amines) is 1. The maximum atomic E-state index is 12.5. The lowest BCUT2D eigenvalue weighted by molar-refractivity contribution is 0.0516. The van der Waals surface area contributed by atoms with Crippen molar-refractivity contribution in [3.8, 4) is 0 Å². The first kappa shape index (κ1) is 13.6. The maximum Gasteiger partial charge on any atom is 0.264 e. The van der Waals surface area contributed by atoms with E-state index in [0.717, 1.165) is 26.0 Å². The fourth-order valence-corrected chi connectivity index (χ4v) is 4.38. The topological polar surface area (TPSA) is 20.3 Å². The van der Waals surface area contributed by atoms with Gasteiger partial charge in [-0.15, -0.1) is 11.3 Å². The molecule has 2 heterocycles. The van der Waals surface area contributed by atoms with Crippen LogP contribution in [-0.2, 0) is 0 Å². The molecule has 1 aromatic heterocycles. The minimum absolute atomic E-state index is 0.168. The number of hydrogen-bond acceptors (Lipinski definition) is 2. The van der Waals surface area contributed by atoms with Gasteiger partial charge in [0.25, 0.3) is 5.91 Å². The molecular formula is C12H15Br2NOS. The van der Waals surface area contributed by atoms with Crippen molar-refractivity contribution in [2.45, 2.75) is 45.2 Å². The molecule has 5 heteroatoms. The number of piperidine rings is 1. The van der Waals surface area contributed by atoms with Crippen molar-refractivity contribution in [3.63, 3.8) is 0 Å². The Hall–Kier alpha value is 0.130. The molecule has 0 spiro atoms. The van der Waals surface area contributed by atoms with E-state index < -0.39 is 0 Å². The van der Waals surface area contributed by atoms with Gasteiger partial charge in [-0.1, -0.05) is 0 Å². The third kappa shape index (κ3) is 2.76. The molecule has 0 N–H and O–H groups in total. The van der Waals surface area contributed by atoms with E-state index in [0.29, 0.717) is 12.1 Å². The maximum absolute atomic E-state index is 12.5. The van der Waals surface area contributed by atoms with Crippen molar-refractivity contribution in [1.29, 1.82) is 0 Å². The minimum atomic E-state index is 0.168. The molecular weight excluding hydrogens is 366 g/mol. The van der Waals surface area contributed by atoms with Crippen LogP contribution in [0.25, 0.3) is 0 Å². The number of carbonyl (C=O) groups is 1. The first-order valence-electron chi connectivity index (χ1n) is 5.78. The molecule has 94 valence electrons. The van der Waals surface area contributed by atoms with Crippen molar-refractivity contribution in [3.05, 3.63) is 19.2 Å². The third-order valence-corrected chi connectivity index (χ3v) is 6.53. The summed E-state index contributed by atoms with van der Waals surface area (Å²) in [4.78, 5) is 15.3. The van der Waals surface area contributed by atoms with Crippen molar-refractivity contribution in [1.82, 2.24) is 4.90 Å². The van der Waals surface area contributed by atoms with Gasteiger partial charge in [-0.3, -0.25) is 4.79 Å². The summed E-state index contributed by atoms with van der Waals surface area (Å²) in [7, 11) is 0. The molecule has 0 radical (unpaired) electrons. The Morgan fingerprint density at radius 1 is 1.35 bits per heavy atom. The van der Waals surface area contributed by atoms with Gasteiger partial charge < -0.3 is 4.90 Å². The summed E-state index contributed by atoms with van der Waals surface area (Å²) in [6.45, 7) is 4.29. The van der Waals surface area contributed by atoms with Gasteiger partial charge in [-0.25, -0.2) is 0 Å². The summed E-state index contributed by atoms with van der Waals surface area (Å²) in [5.41, 5.74) is 0. The second-order valence-corrected chi connectivity index (χ2v) is 7.80. The smallest absolute Gasteiger partial charge is 0.264 e. The predicted molar refractivity (Wildman–Crippen MR) is 78.7 cm³/mol. The highest BCUT2D eigenvalue weighted by Gasteiger charge is 2.30. The van der Waals surface area contributed by atoms with Gasteiger partial charge in [0.2, 0.25) is 0 Å². The number of carbonyl (C=O) groups excluding carboxylic acids is 1. The van der Waals surface area contributed by atoms with Gasteiger partial charge in [0.15, 0.2) is 0 Å². The highest BCUT2D eigenvalue weighted by atomic mass is 79.9. The fourth-order valence-electron chi connectivity index (χ4n) is 2.40. The number of hydrogen-bond donors (Lipinski definition) is 0. The number of thiophene rings is 1. The number of nitrogens with zero attached hydrogens (tertiary/aromatic N) is 1. The first-order valence-corrected chi connectivity index (χ1v) is 8.18. The Morgan fingerprint density at radius 2 is 1.94 bits per heavy atom. The lowest BCUT2D eigenvalue weighted by Gasteiger charge is -2.38. The van der Waals surface area contributed by atoms with Crippen LogP contribution in [0.15, 0.2) is 14.3 Å². The molecule has 0 aliphatic carbocycles. The van der Waals surface area contributed by atoms with Crippen LogP contribution in [0.1, 0.15) is 42.8 Å². The standard InChI is InChI=1S/C12H15Br2NOS/c1-7-4-3-5-8(2)15(7)12(16)10-6-9(13)11(14)17-10/h6-8H,3-5H2,1-2H3. The van der Waals surface area contributed by atoms with Gasteiger partial charge in [-0.2, -0.15) is 0 Å². The summed E-state index contributed by atoms with van der Waals surface area (Å²) < 4.78 is 1.95. The summed E-state index contributed by atoms with van der Waals surface area (Å²) in [6, 6.07) is 2.61. The highest BCUT2D eigenvalue weighted by molar-refractivity contribution is 9.13. The molecule has 17 heavy (non-hydrogen) atoms. The van der Waals surface area contributed by atoms with Crippen molar-refractivity contribution in [2.75, 3.05) is 0 Å². The Balaban J connectivity index is 2.23. The van der Waals surface area contributed by atoms with Crippen LogP contribution in [0.5, 0.6) is 0 Å². The van der Waals surface area contributed by atoms with Crippen LogP contribution in [0.3, 0.4) is 0 Å². The zero-order chi connectivity index (χ0) is 12.6. The molecule has 2 rings (SSSR count). The van der Waals surface area contributed by atoms with E-state index in [2.05, 4.69) is 45.7 Å². The summed E-state index contributed by atoms with van der Waals surface area (Å²) >= 11 is 8.37. The van der Waals surface area contributed by atoms with Crippen LogP contribution in [0.2, 0.25) is 0 Å². The quantitative estimate of drug-likeness (QED) is 0.692. The summed E-state index contributed by atoms with van der Waals surface area (Å²) in [5, 5.41) is 0. The Bertz CT molecular complexity index is 403. The van der Waals surface area contributed by atoms with Crippen molar-refractivity contribution < 1.29 is 4.79 Å². The monoisotopic (exact) mass is 379 g/mol. The average Bonchev–Trinajstić information content (AvgIpc) is 2.59. The van der Waals surface area contributed by atoms with Gasteiger partial charge in [-0.05, 0) is 71.0 Å². The van der Waals surface area contributed by atoms with E-state index in [1.165, 1.54) is 17.8 Å². The van der Waals surface area contributed by atoms with E-state index in [-0.39, 0.29) is 5.91 Å². The van der Waals surface area contributed by atoms with Crippen LogP contribution in [0, 0.1) is 0 Å².